The zero-order valence-electron chi connectivity index (χ0n) is 17.9. The van der Waals surface area contributed by atoms with Crippen LogP contribution in [0.1, 0.15) is 38.7 Å². The molecule has 0 unspecified atom stereocenters. The molecule has 0 spiro atoms. The number of hydrogen-bond acceptors (Lipinski definition) is 5. The second kappa shape index (κ2) is 8.47. The summed E-state index contributed by atoms with van der Waals surface area (Å²) in [6.45, 7) is 1.80. The molecule has 3 aromatic heterocycles. The third-order valence-corrected chi connectivity index (χ3v) is 5.81. The van der Waals surface area contributed by atoms with Crippen LogP contribution in [-0.4, -0.2) is 32.4 Å². The molecule has 0 radical (unpaired) electrons. The highest BCUT2D eigenvalue weighted by molar-refractivity contribution is 6.36. The fourth-order valence-electron chi connectivity index (χ4n) is 3.47. The van der Waals surface area contributed by atoms with E-state index in [1.807, 2.05) is 0 Å². The Kier molecular flexibility index (Phi) is 5.84. The van der Waals surface area contributed by atoms with Gasteiger partial charge < -0.3 is 9.30 Å². The van der Waals surface area contributed by atoms with E-state index in [1.165, 1.54) is 19.4 Å². The maximum atomic E-state index is 13.0. The molecule has 0 amide bonds. The van der Waals surface area contributed by atoms with Crippen molar-refractivity contribution in [1.29, 1.82) is 0 Å². The van der Waals surface area contributed by atoms with Crippen molar-refractivity contribution in [2.75, 3.05) is 7.11 Å². The topological polar surface area (TPSA) is 69.9 Å². The standard InChI is InChI=1S/C23H18ClF3N4O2/c1-12-28-11-18(31(12)2)21(32)14-5-6-17-15(9-14)20(24)16(22(30-17)33-3)8-13-4-7-19(29-10-13)23(25,26)27/h4-7,9-11H,8H2,1-3H3. The zero-order chi connectivity index (χ0) is 23.9. The molecule has 33 heavy (non-hydrogen) atoms. The summed E-state index contributed by atoms with van der Waals surface area (Å²) in [6, 6.07) is 7.21. The Morgan fingerprint density at radius 2 is 1.91 bits per heavy atom. The molecule has 0 aliphatic heterocycles. The van der Waals surface area contributed by atoms with E-state index in [9.17, 15) is 18.0 Å². The van der Waals surface area contributed by atoms with Crippen molar-refractivity contribution in [3.8, 4) is 5.88 Å². The van der Waals surface area contributed by atoms with Gasteiger partial charge >= 0.3 is 6.18 Å². The molecule has 0 N–H and O–H groups in total. The fraction of sp³-hybridized carbons (Fsp3) is 0.217. The lowest BCUT2D eigenvalue weighted by Crippen LogP contribution is -2.09. The lowest BCUT2D eigenvalue weighted by molar-refractivity contribution is -0.141. The number of nitrogens with zero attached hydrogens (tertiary/aromatic N) is 4. The van der Waals surface area contributed by atoms with E-state index in [0.29, 0.717) is 44.1 Å². The highest BCUT2D eigenvalue weighted by Crippen LogP contribution is 2.35. The average molecular weight is 475 g/mol. The number of fused-ring (bicyclic) bond motifs is 1. The van der Waals surface area contributed by atoms with Gasteiger partial charge in [-0.15, -0.1) is 0 Å². The number of ketones is 1. The van der Waals surface area contributed by atoms with E-state index in [2.05, 4.69) is 15.0 Å². The molecule has 170 valence electrons. The van der Waals surface area contributed by atoms with Crippen molar-refractivity contribution in [2.24, 2.45) is 7.05 Å². The van der Waals surface area contributed by atoms with Crippen molar-refractivity contribution in [2.45, 2.75) is 19.5 Å². The van der Waals surface area contributed by atoms with Crippen LogP contribution < -0.4 is 4.74 Å². The van der Waals surface area contributed by atoms with Gasteiger partial charge in [0.25, 0.3) is 0 Å². The first-order valence-electron chi connectivity index (χ1n) is 9.81. The maximum absolute atomic E-state index is 13.0. The van der Waals surface area contributed by atoms with E-state index in [-0.39, 0.29) is 18.1 Å². The zero-order valence-corrected chi connectivity index (χ0v) is 18.6. The fourth-order valence-corrected chi connectivity index (χ4v) is 3.77. The molecule has 0 fully saturated rings. The van der Waals surface area contributed by atoms with Crippen LogP contribution in [0, 0.1) is 6.92 Å². The summed E-state index contributed by atoms with van der Waals surface area (Å²) >= 11 is 6.69. The minimum absolute atomic E-state index is 0.148. The Morgan fingerprint density at radius 3 is 2.48 bits per heavy atom. The van der Waals surface area contributed by atoms with Gasteiger partial charge in [-0.3, -0.25) is 9.78 Å². The maximum Gasteiger partial charge on any atom is 0.433 e. The summed E-state index contributed by atoms with van der Waals surface area (Å²) in [6.07, 6.45) is -1.71. The van der Waals surface area contributed by atoms with E-state index < -0.39 is 11.9 Å². The van der Waals surface area contributed by atoms with Gasteiger partial charge in [0.2, 0.25) is 11.7 Å². The minimum atomic E-state index is -4.52. The molecule has 0 bridgehead atoms. The molecule has 4 aromatic rings. The molecular formula is C23H18ClF3N4O2. The molecule has 10 heteroatoms. The molecular weight excluding hydrogens is 457 g/mol. The van der Waals surface area contributed by atoms with Gasteiger partial charge in [-0.1, -0.05) is 17.7 Å². The summed E-state index contributed by atoms with van der Waals surface area (Å²) in [4.78, 5) is 25.1. The largest absolute Gasteiger partial charge is 0.481 e. The summed E-state index contributed by atoms with van der Waals surface area (Å²) in [5, 5.41) is 0.824. The number of pyridine rings is 2. The number of halogens is 4. The Labute approximate surface area is 192 Å². The molecule has 0 saturated heterocycles. The lowest BCUT2D eigenvalue weighted by atomic mass is 10.0. The van der Waals surface area contributed by atoms with Crippen molar-refractivity contribution in [1.82, 2.24) is 19.5 Å². The lowest BCUT2D eigenvalue weighted by Gasteiger charge is -2.14. The second-order valence-electron chi connectivity index (χ2n) is 7.45. The monoisotopic (exact) mass is 474 g/mol. The van der Waals surface area contributed by atoms with Gasteiger partial charge in [-0.25, -0.2) is 9.97 Å². The smallest absolute Gasteiger partial charge is 0.433 e. The summed E-state index contributed by atoms with van der Waals surface area (Å²) in [7, 11) is 3.19. The van der Waals surface area contributed by atoms with Crippen LogP contribution in [0.15, 0.2) is 42.7 Å². The van der Waals surface area contributed by atoms with Crippen molar-refractivity contribution >= 4 is 28.3 Å². The Balaban J connectivity index is 1.76. The van der Waals surface area contributed by atoms with E-state index in [0.717, 1.165) is 12.3 Å². The number of hydrogen-bond donors (Lipinski definition) is 0. The first-order chi connectivity index (χ1) is 15.6. The highest BCUT2D eigenvalue weighted by atomic mass is 35.5. The third-order valence-electron chi connectivity index (χ3n) is 5.38. The number of methoxy groups -OCH3 is 1. The SMILES string of the molecule is COc1nc2ccc(C(=O)c3cnc(C)n3C)cc2c(Cl)c1Cc1ccc(C(F)(F)F)nc1. The molecule has 1 aromatic carbocycles. The number of alkyl halides is 3. The number of carbonyl (C=O) groups is 1. The molecule has 0 aliphatic rings. The first-order valence-corrected chi connectivity index (χ1v) is 10.2. The number of rotatable bonds is 5. The number of aryl methyl sites for hydroxylation is 1. The van der Waals surface area contributed by atoms with E-state index in [1.54, 1.807) is 36.7 Å². The van der Waals surface area contributed by atoms with Crippen LogP contribution in [0.3, 0.4) is 0 Å². The predicted octanol–water partition coefficient (Wildman–Crippen LogP) is 5.17. The van der Waals surface area contributed by atoms with E-state index in [4.69, 9.17) is 16.3 Å². The molecule has 0 atom stereocenters. The van der Waals surface area contributed by atoms with Gasteiger partial charge in [0.15, 0.2) is 0 Å². The Hall–Kier alpha value is -3.46. The summed E-state index contributed by atoms with van der Waals surface area (Å²) in [5.74, 6) is 0.727. The van der Waals surface area contributed by atoms with Crippen LogP contribution >= 0.6 is 11.6 Å². The van der Waals surface area contributed by atoms with Crippen LogP contribution in [0.4, 0.5) is 13.2 Å². The third kappa shape index (κ3) is 4.28. The predicted molar refractivity (Wildman–Crippen MR) is 117 cm³/mol. The van der Waals surface area contributed by atoms with Crippen LogP contribution in [0.25, 0.3) is 10.9 Å². The van der Waals surface area contributed by atoms with Gasteiger partial charge in [0, 0.05) is 36.2 Å². The number of imidazole rings is 1. The van der Waals surface area contributed by atoms with E-state index >= 15 is 0 Å². The van der Waals surface area contributed by atoms with Crippen molar-refractivity contribution < 1.29 is 22.7 Å². The van der Waals surface area contributed by atoms with Crippen molar-refractivity contribution in [3.05, 3.63) is 81.7 Å². The molecule has 0 saturated carbocycles. The van der Waals surface area contributed by atoms with Crippen LogP contribution in [0.5, 0.6) is 5.88 Å². The van der Waals surface area contributed by atoms with Crippen LogP contribution in [0.2, 0.25) is 5.02 Å². The van der Waals surface area contributed by atoms with Gasteiger partial charge in [-0.05, 0) is 36.8 Å². The normalized spacial score (nSPS) is 11.7. The number of aromatic nitrogens is 4. The molecule has 4 rings (SSSR count). The Bertz CT molecular complexity index is 1370. The summed E-state index contributed by atoms with van der Waals surface area (Å²) in [5.41, 5.74) is 1.36. The molecule has 0 aliphatic carbocycles. The van der Waals surface area contributed by atoms with Gasteiger partial charge in [0.05, 0.1) is 23.8 Å². The first kappa shape index (κ1) is 22.7. The highest BCUT2D eigenvalue weighted by Gasteiger charge is 2.32. The van der Waals surface area contributed by atoms with Crippen LogP contribution in [-0.2, 0) is 19.6 Å². The molecule has 6 nitrogen and oxygen atoms in total. The second-order valence-corrected chi connectivity index (χ2v) is 7.83. The number of benzene rings is 1. The average Bonchev–Trinajstić information content (AvgIpc) is 3.12. The summed E-state index contributed by atoms with van der Waals surface area (Å²) < 4.78 is 45.5. The quantitative estimate of drug-likeness (QED) is 0.373. The Morgan fingerprint density at radius 1 is 1.15 bits per heavy atom. The number of ether oxygens (including phenoxy) is 1. The van der Waals surface area contributed by atoms with Crippen molar-refractivity contribution in [3.63, 3.8) is 0 Å². The minimum Gasteiger partial charge on any atom is -0.481 e. The van der Waals surface area contributed by atoms with Gasteiger partial charge in [0.1, 0.15) is 17.2 Å². The van der Waals surface area contributed by atoms with Gasteiger partial charge in [-0.2, -0.15) is 13.2 Å². The molecule has 3 heterocycles. The number of carbonyl (C=O) groups excluding carboxylic acids is 1.